The Morgan fingerprint density at radius 1 is 1.56 bits per heavy atom. The Balaban J connectivity index is 2.51. The van der Waals surface area contributed by atoms with Crippen molar-refractivity contribution in [2.45, 2.75) is 23.2 Å². The molecule has 2 nitrogen and oxygen atoms in total. The average Bonchev–Trinajstić information content (AvgIpc) is 1.99. The molecule has 0 aromatic heterocycles. The van der Waals surface area contributed by atoms with Crippen LogP contribution in [0.5, 0.6) is 0 Å². The van der Waals surface area contributed by atoms with Crippen molar-refractivity contribution in [3.05, 3.63) is 0 Å². The lowest BCUT2D eigenvalue weighted by Gasteiger charge is -2.02. The van der Waals surface area contributed by atoms with Gasteiger partial charge >= 0.3 is 0 Å². The molecule has 0 aliphatic carbocycles. The number of nitrogens with two attached hydrogens (primary N) is 1. The van der Waals surface area contributed by atoms with E-state index in [-0.39, 0.29) is 0 Å². The van der Waals surface area contributed by atoms with Gasteiger partial charge in [0.2, 0.25) is 0 Å². The van der Waals surface area contributed by atoms with Crippen LogP contribution in [0.1, 0.15) is 19.3 Å². The maximum absolute atomic E-state index is 5.62. The SMILES string of the molecule is NC1=NCCCCC1I. The molecule has 0 aromatic carbocycles. The minimum Gasteiger partial charge on any atom is -0.387 e. The second kappa shape index (κ2) is 3.39. The highest BCUT2D eigenvalue weighted by Crippen LogP contribution is 2.13. The van der Waals surface area contributed by atoms with Crippen LogP contribution >= 0.6 is 22.6 Å². The summed E-state index contributed by atoms with van der Waals surface area (Å²) in [6.07, 6.45) is 3.69. The number of rotatable bonds is 0. The summed E-state index contributed by atoms with van der Waals surface area (Å²) in [5.41, 5.74) is 5.62. The molecule has 0 radical (unpaired) electrons. The Morgan fingerprint density at radius 2 is 2.33 bits per heavy atom. The first-order valence-electron chi connectivity index (χ1n) is 3.24. The van der Waals surface area contributed by atoms with Crippen molar-refractivity contribution >= 4 is 28.4 Å². The fraction of sp³-hybridized carbons (Fsp3) is 0.833. The van der Waals surface area contributed by atoms with E-state index in [9.17, 15) is 0 Å². The van der Waals surface area contributed by atoms with Crippen LogP contribution in [0, 0.1) is 0 Å². The Kier molecular flexibility index (Phi) is 2.75. The number of alkyl halides is 1. The zero-order valence-corrected chi connectivity index (χ0v) is 7.47. The molecule has 2 N–H and O–H groups in total. The maximum atomic E-state index is 5.62. The van der Waals surface area contributed by atoms with Gasteiger partial charge in [-0.1, -0.05) is 29.0 Å². The van der Waals surface area contributed by atoms with Gasteiger partial charge in [-0.15, -0.1) is 0 Å². The number of amidine groups is 1. The maximum Gasteiger partial charge on any atom is 0.107 e. The van der Waals surface area contributed by atoms with Crippen molar-refractivity contribution in [2.75, 3.05) is 6.54 Å². The van der Waals surface area contributed by atoms with Crippen LogP contribution in [-0.2, 0) is 0 Å². The second-order valence-corrected chi connectivity index (χ2v) is 3.77. The highest BCUT2D eigenvalue weighted by atomic mass is 127. The van der Waals surface area contributed by atoms with E-state index in [1.165, 1.54) is 19.3 Å². The molecule has 3 heteroatoms. The third kappa shape index (κ3) is 2.12. The largest absolute Gasteiger partial charge is 0.387 e. The number of hydrogen-bond donors (Lipinski definition) is 1. The standard InChI is InChI=1S/C6H11IN2/c7-5-3-1-2-4-9-6(5)8/h5H,1-4H2,(H2,8,9). The Labute approximate surface area is 69.1 Å². The summed E-state index contributed by atoms with van der Waals surface area (Å²) in [7, 11) is 0. The first kappa shape index (κ1) is 7.31. The van der Waals surface area contributed by atoms with Gasteiger partial charge in [-0.05, 0) is 12.8 Å². The summed E-state index contributed by atoms with van der Waals surface area (Å²) in [6, 6.07) is 0. The van der Waals surface area contributed by atoms with Crippen molar-refractivity contribution < 1.29 is 0 Å². The summed E-state index contributed by atoms with van der Waals surface area (Å²) in [5.74, 6) is 0.841. The lowest BCUT2D eigenvalue weighted by Crippen LogP contribution is -2.22. The van der Waals surface area contributed by atoms with Crippen LogP contribution in [0.2, 0.25) is 0 Å². The average molecular weight is 238 g/mol. The number of hydrogen-bond acceptors (Lipinski definition) is 2. The monoisotopic (exact) mass is 238 g/mol. The molecule has 1 aliphatic heterocycles. The third-order valence-corrected chi connectivity index (χ3v) is 2.74. The molecule has 1 atom stereocenters. The van der Waals surface area contributed by atoms with Crippen LogP contribution in [-0.4, -0.2) is 16.3 Å². The molecule has 1 aliphatic rings. The molecule has 0 aromatic rings. The highest BCUT2D eigenvalue weighted by molar-refractivity contribution is 14.1. The molecule has 1 unspecified atom stereocenters. The molecule has 0 saturated carbocycles. The molecule has 0 bridgehead atoms. The van der Waals surface area contributed by atoms with Gasteiger partial charge in [-0.25, -0.2) is 0 Å². The second-order valence-electron chi connectivity index (χ2n) is 2.27. The fourth-order valence-electron chi connectivity index (χ4n) is 0.890. The minimum absolute atomic E-state index is 0.491. The fourth-order valence-corrected chi connectivity index (χ4v) is 1.53. The van der Waals surface area contributed by atoms with E-state index in [1.54, 1.807) is 0 Å². The smallest absolute Gasteiger partial charge is 0.107 e. The molecular formula is C6H11IN2. The summed E-state index contributed by atoms with van der Waals surface area (Å²) >= 11 is 2.35. The quantitative estimate of drug-likeness (QED) is 0.501. The summed E-state index contributed by atoms with van der Waals surface area (Å²) in [4.78, 5) is 4.19. The van der Waals surface area contributed by atoms with E-state index < -0.39 is 0 Å². The van der Waals surface area contributed by atoms with Crippen molar-refractivity contribution in [2.24, 2.45) is 10.7 Å². The molecule has 0 amide bonds. The van der Waals surface area contributed by atoms with Gasteiger partial charge in [0.1, 0.15) is 5.84 Å². The molecule has 0 saturated heterocycles. The van der Waals surface area contributed by atoms with Crippen molar-refractivity contribution in [3.8, 4) is 0 Å². The Morgan fingerprint density at radius 3 is 3.11 bits per heavy atom. The van der Waals surface area contributed by atoms with Crippen molar-refractivity contribution in [3.63, 3.8) is 0 Å². The molecule has 1 rings (SSSR count). The van der Waals surface area contributed by atoms with Crippen LogP contribution < -0.4 is 5.73 Å². The first-order chi connectivity index (χ1) is 4.30. The molecule has 1 heterocycles. The van der Waals surface area contributed by atoms with E-state index in [1.807, 2.05) is 0 Å². The van der Waals surface area contributed by atoms with Gasteiger partial charge in [-0.2, -0.15) is 0 Å². The summed E-state index contributed by atoms with van der Waals surface area (Å²) in [5, 5.41) is 0. The van der Waals surface area contributed by atoms with E-state index in [0.717, 1.165) is 12.4 Å². The van der Waals surface area contributed by atoms with Gasteiger partial charge < -0.3 is 5.73 Å². The zero-order chi connectivity index (χ0) is 6.69. The minimum atomic E-state index is 0.491. The lowest BCUT2D eigenvalue weighted by molar-refractivity contribution is 0.742. The number of aliphatic imine (C=N–C) groups is 1. The van der Waals surface area contributed by atoms with Crippen LogP contribution in [0.25, 0.3) is 0 Å². The molecule has 0 spiro atoms. The normalized spacial score (nSPS) is 29.0. The zero-order valence-electron chi connectivity index (χ0n) is 5.31. The van der Waals surface area contributed by atoms with E-state index >= 15 is 0 Å². The van der Waals surface area contributed by atoms with Gasteiger partial charge in [0, 0.05) is 6.54 Å². The Hall–Kier alpha value is 0.200. The van der Waals surface area contributed by atoms with E-state index in [0.29, 0.717) is 3.92 Å². The summed E-state index contributed by atoms with van der Waals surface area (Å²) < 4.78 is 0.491. The topological polar surface area (TPSA) is 38.4 Å². The summed E-state index contributed by atoms with van der Waals surface area (Å²) in [6.45, 7) is 0.936. The van der Waals surface area contributed by atoms with Crippen LogP contribution in [0.15, 0.2) is 4.99 Å². The Bertz CT molecular complexity index is 122. The molecule has 52 valence electrons. The predicted molar refractivity (Wildman–Crippen MR) is 48.1 cm³/mol. The third-order valence-electron chi connectivity index (χ3n) is 1.48. The van der Waals surface area contributed by atoms with Crippen LogP contribution in [0.3, 0.4) is 0 Å². The number of nitrogens with zero attached hydrogens (tertiary/aromatic N) is 1. The molecular weight excluding hydrogens is 227 g/mol. The van der Waals surface area contributed by atoms with Gasteiger partial charge in [-0.3, -0.25) is 4.99 Å². The van der Waals surface area contributed by atoms with Crippen LogP contribution in [0.4, 0.5) is 0 Å². The predicted octanol–water partition coefficient (Wildman–Crippen LogP) is 1.33. The molecule has 9 heavy (non-hydrogen) atoms. The molecule has 0 fully saturated rings. The van der Waals surface area contributed by atoms with Crippen molar-refractivity contribution in [1.29, 1.82) is 0 Å². The van der Waals surface area contributed by atoms with Gasteiger partial charge in [0.25, 0.3) is 0 Å². The van der Waals surface area contributed by atoms with Gasteiger partial charge in [0.15, 0.2) is 0 Å². The number of halogens is 1. The lowest BCUT2D eigenvalue weighted by atomic mass is 10.2. The first-order valence-corrected chi connectivity index (χ1v) is 4.49. The van der Waals surface area contributed by atoms with Gasteiger partial charge in [0.05, 0.1) is 3.92 Å². The van der Waals surface area contributed by atoms with E-state index in [2.05, 4.69) is 27.6 Å². The highest BCUT2D eigenvalue weighted by Gasteiger charge is 2.10. The van der Waals surface area contributed by atoms with Crippen molar-refractivity contribution in [1.82, 2.24) is 0 Å². The van der Waals surface area contributed by atoms with E-state index in [4.69, 9.17) is 5.73 Å².